The molecule has 110 valence electrons. The molecule has 0 atom stereocenters. The highest BCUT2D eigenvalue weighted by Crippen LogP contribution is 2.29. The minimum atomic E-state index is -0.569. The van der Waals surface area contributed by atoms with Gasteiger partial charge < -0.3 is 4.74 Å². The van der Waals surface area contributed by atoms with Gasteiger partial charge in [0.05, 0.1) is 23.4 Å². The van der Waals surface area contributed by atoms with Gasteiger partial charge in [0, 0.05) is 11.6 Å². The molecule has 1 heterocycles. The van der Waals surface area contributed by atoms with Gasteiger partial charge in [0.2, 0.25) is 0 Å². The Balaban J connectivity index is 2.26. The van der Waals surface area contributed by atoms with Gasteiger partial charge in [0.1, 0.15) is 6.54 Å². The van der Waals surface area contributed by atoms with Crippen molar-refractivity contribution in [1.82, 2.24) is 15.0 Å². The zero-order chi connectivity index (χ0) is 15.4. The molecule has 1 aromatic carbocycles. The van der Waals surface area contributed by atoms with Gasteiger partial charge in [0.15, 0.2) is 11.5 Å². The number of aromatic nitrogens is 3. The second kappa shape index (κ2) is 6.12. The first kappa shape index (κ1) is 14.6. The minimum Gasteiger partial charge on any atom is -0.484 e. The lowest BCUT2D eigenvalue weighted by Crippen LogP contribution is -2.13. The van der Waals surface area contributed by atoms with Gasteiger partial charge in [-0.2, -0.15) is 15.0 Å². The number of rotatable bonds is 6. The summed E-state index contributed by atoms with van der Waals surface area (Å²) in [6, 6.07) is 4.14. The second-order valence-corrected chi connectivity index (χ2v) is 4.59. The van der Waals surface area contributed by atoms with E-state index >= 15 is 0 Å². The number of hydrogen-bond acceptors (Lipinski definition) is 6. The number of ketones is 1. The van der Waals surface area contributed by atoms with Gasteiger partial charge in [-0.3, -0.25) is 14.9 Å². The highest BCUT2D eigenvalue weighted by molar-refractivity contribution is 5.96. The van der Waals surface area contributed by atoms with Crippen LogP contribution in [0.2, 0.25) is 0 Å². The number of nitro benzene ring substituents is 1. The van der Waals surface area contributed by atoms with E-state index in [9.17, 15) is 14.9 Å². The third-order valence-corrected chi connectivity index (χ3v) is 2.59. The van der Waals surface area contributed by atoms with Crippen LogP contribution in [0.4, 0.5) is 5.69 Å². The van der Waals surface area contributed by atoms with E-state index < -0.39 is 4.92 Å². The van der Waals surface area contributed by atoms with E-state index in [1.165, 1.54) is 35.4 Å². The molecule has 8 nitrogen and oxygen atoms in total. The Morgan fingerprint density at radius 3 is 2.62 bits per heavy atom. The van der Waals surface area contributed by atoms with E-state index in [-0.39, 0.29) is 35.4 Å². The van der Waals surface area contributed by atoms with Gasteiger partial charge >= 0.3 is 5.69 Å². The summed E-state index contributed by atoms with van der Waals surface area (Å²) in [6.45, 7) is 3.47. The monoisotopic (exact) mass is 290 g/mol. The largest absolute Gasteiger partial charge is 0.484 e. The normalized spacial score (nSPS) is 10.6. The molecule has 0 N–H and O–H groups in total. The van der Waals surface area contributed by atoms with Crippen molar-refractivity contribution in [2.75, 3.05) is 0 Å². The summed E-state index contributed by atoms with van der Waals surface area (Å²) in [5, 5.41) is 18.7. The van der Waals surface area contributed by atoms with Crippen molar-refractivity contribution in [1.29, 1.82) is 0 Å². The van der Waals surface area contributed by atoms with Crippen LogP contribution in [-0.2, 0) is 6.54 Å². The van der Waals surface area contributed by atoms with Gasteiger partial charge in [-0.05, 0) is 26.0 Å². The molecule has 0 amide bonds. The molecule has 2 rings (SSSR count). The molecule has 0 unspecified atom stereocenters. The summed E-state index contributed by atoms with van der Waals surface area (Å²) >= 11 is 0. The zero-order valence-electron chi connectivity index (χ0n) is 11.6. The molecule has 8 heteroatoms. The molecule has 0 spiro atoms. The average Bonchev–Trinajstić information content (AvgIpc) is 2.91. The standard InChI is InChI=1S/C13H14N4O4/c1-9(2)21-13-4-3-10(7-11(13)17(19)20)12(18)8-16-14-5-6-15-16/h3-7,9H,8H2,1-2H3. The Hall–Kier alpha value is -2.77. The molecule has 21 heavy (non-hydrogen) atoms. The fraction of sp³-hybridized carbons (Fsp3) is 0.308. The third kappa shape index (κ3) is 3.62. The van der Waals surface area contributed by atoms with Crippen molar-refractivity contribution in [2.24, 2.45) is 0 Å². The van der Waals surface area contributed by atoms with Crippen LogP contribution in [0.1, 0.15) is 24.2 Å². The Labute approximate surface area is 120 Å². The maximum atomic E-state index is 12.1. The van der Waals surface area contributed by atoms with E-state index in [4.69, 9.17) is 4.74 Å². The van der Waals surface area contributed by atoms with Crippen molar-refractivity contribution < 1.29 is 14.5 Å². The smallest absolute Gasteiger partial charge is 0.311 e. The van der Waals surface area contributed by atoms with E-state index in [1.807, 2.05) is 0 Å². The maximum absolute atomic E-state index is 12.1. The van der Waals surface area contributed by atoms with Gasteiger partial charge in [0.25, 0.3) is 0 Å². The summed E-state index contributed by atoms with van der Waals surface area (Å²) in [6.07, 6.45) is 2.71. The van der Waals surface area contributed by atoms with Gasteiger partial charge in [-0.25, -0.2) is 0 Å². The lowest BCUT2D eigenvalue weighted by atomic mass is 10.1. The average molecular weight is 290 g/mol. The van der Waals surface area contributed by atoms with Crippen LogP contribution in [-0.4, -0.2) is 31.8 Å². The van der Waals surface area contributed by atoms with Crippen LogP contribution in [0.15, 0.2) is 30.6 Å². The van der Waals surface area contributed by atoms with Crippen LogP contribution in [0.3, 0.4) is 0 Å². The topological polar surface area (TPSA) is 100 Å². The molecule has 1 aromatic heterocycles. The van der Waals surface area contributed by atoms with Crippen LogP contribution in [0.25, 0.3) is 0 Å². The number of Topliss-reactive ketones (excluding diaryl/α,β-unsaturated/α-hetero) is 1. The maximum Gasteiger partial charge on any atom is 0.311 e. The first-order chi connectivity index (χ1) is 9.97. The molecule has 0 saturated carbocycles. The number of hydrogen-bond donors (Lipinski definition) is 0. The van der Waals surface area contributed by atoms with Crippen molar-refractivity contribution in [3.8, 4) is 5.75 Å². The summed E-state index contributed by atoms with van der Waals surface area (Å²) in [5.74, 6) is -0.172. The lowest BCUT2D eigenvalue weighted by Gasteiger charge is -2.10. The highest BCUT2D eigenvalue weighted by atomic mass is 16.6. The van der Waals surface area contributed by atoms with Crippen molar-refractivity contribution in [2.45, 2.75) is 26.5 Å². The number of nitro groups is 1. The molecule has 0 aliphatic carbocycles. The van der Waals surface area contributed by atoms with Crippen LogP contribution in [0.5, 0.6) is 5.75 Å². The number of carbonyl (C=O) groups is 1. The molecule has 2 aromatic rings. The summed E-state index contributed by atoms with van der Waals surface area (Å²) in [4.78, 5) is 23.8. The molecule has 0 aliphatic rings. The van der Waals surface area contributed by atoms with Crippen LogP contribution < -0.4 is 4.74 Å². The summed E-state index contributed by atoms with van der Waals surface area (Å²) in [5.41, 5.74) is -0.0157. The molecule has 0 aliphatic heterocycles. The molecule has 0 radical (unpaired) electrons. The SMILES string of the molecule is CC(C)Oc1ccc(C(=O)Cn2nccn2)cc1[N+](=O)[O-]. The van der Waals surface area contributed by atoms with E-state index in [2.05, 4.69) is 10.2 Å². The van der Waals surface area contributed by atoms with Gasteiger partial charge in [-0.1, -0.05) is 0 Å². The van der Waals surface area contributed by atoms with Crippen molar-refractivity contribution in [3.63, 3.8) is 0 Å². The first-order valence-electron chi connectivity index (χ1n) is 6.29. The minimum absolute atomic E-state index is 0.0749. The molecular weight excluding hydrogens is 276 g/mol. The zero-order valence-corrected chi connectivity index (χ0v) is 11.6. The lowest BCUT2D eigenvalue weighted by molar-refractivity contribution is -0.386. The van der Waals surface area contributed by atoms with Crippen molar-refractivity contribution in [3.05, 3.63) is 46.3 Å². The second-order valence-electron chi connectivity index (χ2n) is 4.59. The Kier molecular flexibility index (Phi) is 4.27. The molecule has 0 bridgehead atoms. The Bertz CT molecular complexity index is 652. The summed E-state index contributed by atoms with van der Waals surface area (Å²) < 4.78 is 5.36. The number of carbonyl (C=O) groups excluding carboxylic acids is 1. The molecule has 0 fully saturated rings. The Morgan fingerprint density at radius 1 is 1.38 bits per heavy atom. The number of benzene rings is 1. The highest BCUT2D eigenvalue weighted by Gasteiger charge is 2.20. The summed E-state index contributed by atoms with van der Waals surface area (Å²) in [7, 11) is 0. The Morgan fingerprint density at radius 2 is 2.05 bits per heavy atom. The van der Waals surface area contributed by atoms with Crippen LogP contribution in [0, 0.1) is 10.1 Å². The third-order valence-electron chi connectivity index (χ3n) is 2.59. The van der Waals surface area contributed by atoms with E-state index in [0.29, 0.717) is 0 Å². The predicted octanol–water partition coefficient (Wildman–Crippen LogP) is 1.86. The number of nitrogens with zero attached hydrogens (tertiary/aromatic N) is 4. The molecule has 0 saturated heterocycles. The quantitative estimate of drug-likeness (QED) is 0.457. The van der Waals surface area contributed by atoms with Gasteiger partial charge in [-0.15, -0.1) is 0 Å². The van der Waals surface area contributed by atoms with Crippen LogP contribution >= 0.6 is 0 Å². The number of ether oxygens (including phenoxy) is 1. The fourth-order valence-electron chi connectivity index (χ4n) is 1.73. The fourth-order valence-corrected chi connectivity index (χ4v) is 1.73. The van der Waals surface area contributed by atoms with E-state index in [0.717, 1.165) is 0 Å². The van der Waals surface area contributed by atoms with E-state index in [1.54, 1.807) is 13.8 Å². The van der Waals surface area contributed by atoms with Crippen molar-refractivity contribution >= 4 is 11.5 Å². The predicted molar refractivity (Wildman–Crippen MR) is 73.2 cm³/mol. The first-order valence-corrected chi connectivity index (χ1v) is 6.29. The molecular formula is C13H14N4O4.